The smallest absolute Gasteiger partial charge is 0.273 e. The fourth-order valence-corrected chi connectivity index (χ4v) is 6.30. The number of hydrazine groups is 1. The first-order valence-electron chi connectivity index (χ1n) is 11.7. The molecule has 0 unspecified atom stereocenters. The maximum Gasteiger partial charge on any atom is 0.273 e. The van der Waals surface area contributed by atoms with Crippen molar-refractivity contribution in [2.75, 3.05) is 13.7 Å². The maximum absolute atomic E-state index is 13.7. The van der Waals surface area contributed by atoms with Gasteiger partial charge in [-0.3, -0.25) is 19.2 Å². The Kier molecular flexibility index (Phi) is 5.07. The third kappa shape index (κ3) is 3.40. The number of rotatable bonds is 6. The highest BCUT2D eigenvalue weighted by atomic mass is 35.5. The zero-order valence-corrected chi connectivity index (χ0v) is 19.7. The van der Waals surface area contributed by atoms with Crippen LogP contribution in [0.4, 0.5) is 0 Å². The number of carbonyl (C=O) groups is 4. The first kappa shape index (κ1) is 22.0. The topological polar surface area (TPSA) is 84.0 Å². The Morgan fingerprint density at radius 3 is 2.20 bits per heavy atom. The average molecular weight is 491 g/mol. The summed E-state index contributed by atoms with van der Waals surface area (Å²) in [5.41, 5.74) is 0.546. The van der Waals surface area contributed by atoms with Crippen molar-refractivity contribution in [2.24, 2.45) is 35.5 Å². The van der Waals surface area contributed by atoms with Crippen molar-refractivity contribution in [2.45, 2.75) is 6.42 Å². The van der Waals surface area contributed by atoms with Crippen LogP contribution in [0.3, 0.4) is 0 Å². The van der Waals surface area contributed by atoms with Crippen molar-refractivity contribution in [3.05, 3.63) is 76.8 Å². The van der Waals surface area contributed by atoms with E-state index in [4.69, 9.17) is 16.3 Å². The average Bonchev–Trinajstić information content (AvgIpc) is 3.66. The van der Waals surface area contributed by atoms with Gasteiger partial charge in [0.15, 0.2) is 5.78 Å². The van der Waals surface area contributed by atoms with Crippen LogP contribution in [0.25, 0.3) is 0 Å². The second-order valence-electron chi connectivity index (χ2n) is 9.67. The van der Waals surface area contributed by atoms with E-state index in [-0.39, 0.29) is 17.4 Å². The number of methoxy groups -OCH3 is 1. The van der Waals surface area contributed by atoms with E-state index in [9.17, 15) is 19.2 Å². The largest absolute Gasteiger partial charge is 0.497 e. The number of ether oxygens (including phenoxy) is 1. The highest BCUT2D eigenvalue weighted by molar-refractivity contribution is 6.30. The van der Waals surface area contributed by atoms with Crippen molar-refractivity contribution in [3.63, 3.8) is 0 Å². The minimum Gasteiger partial charge on any atom is -0.497 e. The summed E-state index contributed by atoms with van der Waals surface area (Å²) in [6.45, 7) is -0.457. The van der Waals surface area contributed by atoms with Crippen LogP contribution in [-0.4, -0.2) is 47.2 Å². The van der Waals surface area contributed by atoms with Gasteiger partial charge in [-0.15, -0.1) is 0 Å². The fraction of sp³-hybridized carbons (Fsp3) is 0.333. The molecular weight excluding hydrogens is 468 g/mol. The van der Waals surface area contributed by atoms with Gasteiger partial charge in [0.2, 0.25) is 0 Å². The molecule has 3 fully saturated rings. The standard InChI is InChI=1S/C27H23ClN2O5/c1-35-17-4-2-3-15(11-17)22(31)13-29(25(32)14-5-7-16(28)8-6-14)30-26(33)23-18-9-10-19(21-12-20(18)21)24(23)27(30)34/h2-11,18-21,23-24H,12-13H2,1H3/t18-,19+,20-,21-,23-,24+/m0/s1. The number of imide groups is 1. The van der Waals surface area contributed by atoms with Crippen LogP contribution in [-0.2, 0) is 9.59 Å². The van der Waals surface area contributed by atoms with Gasteiger partial charge < -0.3 is 4.74 Å². The van der Waals surface area contributed by atoms with Gasteiger partial charge >= 0.3 is 0 Å². The van der Waals surface area contributed by atoms with E-state index in [1.807, 2.05) is 0 Å². The van der Waals surface area contributed by atoms with Gasteiger partial charge in [0.1, 0.15) is 12.3 Å². The summed E-state index contributed by atoms with van der Waals surface area (Å²) in [6.07, 6.45) is 5.18. The van der Waals surface area contributed by atoms with E-state index >= 15 is 0 Å². The molecule has 8 heteroatoms. The lowest BCUT2D eigenvalue weighted by atomic mass is 9.63. The van der Waals surface area contributed by atoms with Gasteiger partial charge in [0, 0.05) is 16.1 Å². The van der Waals surface area contributed by atoms with Crippen LogP contribution in [0, 0.1) is 35.5 Å². The molecular formula is C27H23ClN2O5. The van der Waals surface area contributed by atoms with Gasteiger partial charge in [0.25, 0.3) is 17.7 Å². The highest BCUT2D eigenvalue weighted by Crippen LogP contribution is 2.65. The summed E-state index contributed by atoms with van der Waals surface area (Å²) in [5, 5.41) is 2.41. The van der Waals surface area contributed by atoms with E-state index in [2.05, 4.69) is 12.2 Å². The predicted molar refractivity (Wildman–Crippen MR) is 126 cm³/mol. The van der Waals surface area contributed by atoms with E-state index in [1.165, 1.54) is 19.2 Å². The molecule has 0 N–H and O–H groups in total. The number of Topliss-reactive ketones (excluding diaryl/α,β-unsaturated/α-hetero) is 1. The molecule has 0 radical (unpaired) electrons. The van der Waals surface area contributed by atoms with E-state index < -0.39 is 41.9 Å². The molecule has 1 heterocycles. The molecule has 3 amide bonds. The molecule has 2 aromatic rings. The predicted octanol–water partition coefficient (Wildman–Crippen LogP) is 3.64. The Morgan fingerprint density at radius 1 is 0.971 bits per heavy atom. The number of carbonyl (C=O) groups excluding carboxylic acids is 4. The van der Waals surface area contributed by atoms with Gasteiger partial charge in [-0.25, -0.2) is 5.01 Å². The normalized spacial score (nSPS) is 29.6. The Labute approximate surface area is 207 Å². The number of amides is 3. The van der Waals surface area contributed by atoms with Crippen LogP contribution in [0.5, 0.6) is 5.75 Å². The van der Waals surface area contributed by atoms with Gasteiger partial charge in [-0.2, -0.15) is 5.01 Å². The Balaban J connectivity index is 1.36. The van der Waals surface area contributed by atoms with E-state index in [1.54, 1.807) is 36.4 Å². The summed E-state index contributed by atoms with van der Waals surface area (Å²) in [4.78, 5) is 54.2. The SMILES string of the molecule is COc1cccc(C(=O)CN(C(=O)c2ccc(Cl)cc2)N2C(=O)[C@@H]3[C@@H]4C=C[C@@H]([C@@H]5C[C@@H]45)[C@@H]3C2=O)c1. The second kappa shape index (κ2) is 8.05. The van der Waals surface area contributed by atoms with E-state index in [0.717, 1.165) is 16.4 Å². The summed E-state index contributed by atoms with van der Waals surface area (Å²) in [6, 6.07) is 12.7. The number of hydrogen-bond acceptors (Lipinski definition) is 5. The molecule has 0 aromatic heterocycles. The van der Waals surface area contributed by atoms with Crippen LogP contribution in [0.1, 0.15) is 27.1 Å². The number of hydrogen-bond donors (Lipinski definition) is 0. The molecule has 6 atom stereocenters. The molecule has 1 saturated heterocycles. The third-order valence-electron chi connectivity index (χ3n) is 7.89. The lowest BCUT2D eigenvalue weighted by Crippen LogP contribution is -2.52. The van der Waals surface area contributed by atoms with E-state index in [0.29, 0.717) is 28.2 Å². The lowest BCUT2D eigenvalue weighted by Gasteiger charge is -2.37. The first-order chi connectivity index (χ1) is 16.9. The summed E-state index contributed by atoms with van der Waals surface area (Å²) in [7, 11) is 1.50. The summed E-state index contributed by atoms with van der Waals surface area (Å²) < 4.78 is 5.21. The second-order valence-corrected chi connectivity index (χ2v) is 10.1. The van der Waals surface area contributed by atoms with Crippen molar-refractivity contribution in [1.29, 1.82) is 0 Å². The number of nitrogens with zero attached hydrogens (tertiary/aromatic N) is 2. The summed E-state index contributed by atoms with van der Waals surface area (Å²) >= 11 is 5.99. The maximum atomic E-state index is 13.7. The molecule has 5 aliphatic rings. The first-order valence-corrected chi connectivity index (χ1v) is 12.1. The molecule has 7 nitrogen and oxygen atoms in total. The van der Waals surface area contributed by atoms with Crippen LogP contribution in [0.2, 0.25) is 5.02 Å². The number of allylic oxidation sites excluding steroid dienone is 2. The van der Waals surface area contributed by atoms with Crippen molar-refractivity contribution >= 4 is 35.1 Å². The quantitative estimate of drug-likeness (QED) is 0.350. The van der Waals surface area contributed by atoms with Crippen LogP contribution in [0.15, 0.2) is 60.7 Å². The minimum absolute atomic E-state index is 0.0121. The summed E-state index contributed by atoms with van der Waals surface area (Å²) in [5.74, 6) is -1.39. The Bertz CT molecular complexity index is 1250. The molecule has 2 aromatic carbocycles. The molecule has 2 saturated carbocycles. The number of benzene rings is 2. The Morgan fingerprint density at radius 2 is 1.60 bits per heavy atom. The monoisotopic (exact) mass is 490 g/mol. The molecule has 1 aliphatic heterocycles. The molecule has 7 rings (SSSR count). The molecule has 0 spiro atoms. The highest BCUT2D eigenvalue weighted by Gasteiger charge is 2.68. The Hall–Kier alpha value is -3.45. The van der Waals surface area contributed by atoms with Gasteiger partial charge in [-0.1, -0.05) is 35.9 Å². The van der Waals surface area contributed by atoms with Crippen LogP contribution >= 0.6 is 11.6 Å². The number of ketones is 1. The molecule has 4 aliphatic carbocycles. The zero-order valence-electron chi connectivity index (χ0n) is 19.0. The minimum atomic E-state index is -0.608. The van der Waals surface area contributed by atoms with Crippen molar-refractivity contribution in [1.82, 2.24) is 10.0 Å². The molecule has 35 heavy (non-hydrogen) atoms. The van der Waals surface area contributed by atoms with Gasteiger partial charge in [-0.05, 0) is 66.5 Å². The fourth-order valence-electron chi connectivity index (χ4n) is 6.18. The molecule has 2 bridgehead atoms. The zero-order chi connectivity index (χ0) is 24.4. The van der Waals surface area contributed by atoms with Gasteiger partial charge in [0.05, 0.1) is 18.9 Å². The van der Waals surface area contributed by atoms with Crippen molar-refractivity contribution < 1.29 is 23.9 Å². The van der Waals surface area contributed by atoms with Crippen LogP contribution < -0.4 is 4.74 Å². The number of halogens is 1. The lowest BCUT2D eigenvalue weighted by molar-refractivity contribution is -0.154. The molecule has 178 valence electrons. The third-order valence-corrected chi connectivity index (χ3v) is 8.14. The van der Waals surface area contributed by atoms with Crippen molar-refractivity contribution in [3.8, 4) is 5.75 Å².